The molecule has 1 N–H and O–H groups in total. The van der Waals surface area contributed by atoms with E-state index in [2.05, 4.69) is 18.7 Å². The topological polar surface area (TPSA) is 49.8 Å². The van der Waals surface area contributed by atoms with E-state index in [1.165, 1.54) is 0 Å². The number of carbonyl (C=O) groups is 1. The van der Waals surface area contributed by atoms with E-state index in [1.54, 1.807) is 0 Å². The molecule has 0 bridgehead atoms. The quantitative estimate of drug-likeness (QED) is 0.584. The zero-order chi connectivity index (χ0) is 13.4. The third-order valence-corrected chi connectivity index (χ3v) is 3.85. The molecule has 0 aromatic heterocycles. The van der Waals surface area contributed by atoms with Crippen LogP contribution in [0.2, 0.25) is 0 Å². The van der Waals surface area contributed by atoms with Crippen LogP contribution in [0, 0.1) is 0 Å². The number of hydrogen-bond donors (Lipinski definition) is 1. The van der Waals surface area contributed by atoms with Gasteiger partial charge >= 0.3 is 5.97 Å². The van der Waals surface area contributed by atoms with Crippen LogP contribution >= 0.6 is 0 Å². The molecule has 1 aliphatic rings. The van der Waals surface area contributed by atoms with Crippen LogP contribution in [0.1, 0.15) is 52.4 Å². The predicted octanol–water partition coefficient (Wildman–Crippen LogP) is 1.96. The summed E-state index contributed by atoms with van der Waals surface area (Å²) in [6.07, 6.45) is 5.15. The number of aliphatic hydroxyl groups is 1. The Kier molecular flexibility index (Phi) is 6.65. The van der Waals surface area contributed by atoms with Gasteiger partial charge in [0, 0.05) is 6.54 Å². The fraction of sp³-hybridized carbons (Fsp3) is 0.929. The number of esters is 1. The molecule has 0 aliphatic heterocycles. The van der Waals surface area contributed by atoms with Gasteiger partial charge in [-0.2, -0.15) is 0 Å². The van der Waals surface area contributed by atoms with E-state index >= 15 is 0 Å². The van der Waals surface area contributed by atoms with Crippen LogP contribution in [0.25, 0.3) is 0 Å². The van der Waals surface area contributed by atoms with Gasteiger partial charge in [-0.15, -0.1) is 0 Å². The summed E-state index contributed by atoms with van der Waals surface area (Å²) in [5, 5.41) is 10.3. The Morgan fingerprint density at radius 1 is 1.17 bits per heavy atom. The van der Waals surface area contributed by atoms with Gasteiger partial charge in [-0.3, -0.25) is 0 Å². The molecular formula is C14H27NO3. The summed E-state index contributed by atoms with van der Waals surface area (Å²) >= 11 is 0. The molecule has 0 atom stereocenters. The molecule has 1 aliphatic carbocycles. The highest BCUT2D eigenvalue weighted by Crippen LogP contribution is 2.28. The summed E-state index contributed by atoms with van der Waals surface area (Å²) in [6, 6.07) is 0. The lowest BCUT2D eigenvalue weighted by Crippen LogP contribution is -2.40. The molecule has 4 heteroatoms. The second-order valence-electron chi connectivity index (χ2n) is 5.11. The van der Waals surface area contributed by atoms with Crippen LogP contribution in [-0.2, 0) is 9.53 Å². The van der Waals surface area contributed by atoms with Crippen molar-refractivity contribution in [2.45, 2.75) is 58.0 Å². The first-order valence-electron chi connectivity index (χ1n) is 7.24. The maximum atomic E-state index is 11.9. The minimum atomic E-state index is -1.22. The van der Waals surface area contributed by atoms with E-state index in [1.807, 2.05) is 0 Å². The molecule has 0 aromatic carbocycles. The van der Waals surface area contributed by atoms with Crippen molar-refractivity contribution in [3.8, 4) is 0 Å². The monoisotopic (exact) mass is 257 g/mol. The third-order valence-electron chi connectivity index (χ3n) is 3.85. The van der Waals surface area contributed by atoms with Crippen LogP contribution in [0.3, 0.4) is 0 Å². The zero-order valence-electron chi connectivity index (χ0n) is 11.8. The fourth-order valence-electron chi connectivity index (χ4n) is 2.46. The highest BCUT2D eigenvalue weighted by molar-refractivity contribution is 5.79. The molecular weight excluding hydrogens is 230 g/mol. The molecule has 0 heterocycles. The van der Waals surface area contributed by atoms with Crippen molar-refractivity contribution in [1.29, 1.82) is 0 Å². The number of ether oxygens (including phenoxy) is 1. The van der Waals surface area contributed by atoms with Gasteiger partial charge in [-0.1, -0.05) is 26.7 Å². The van der Waals surface area contributed by atoms with Crippen molar-refractivity contribution in [2.75, 3.05) is 26.2 Å². The van der Waals surface area contributed by atoms with Gasteiger partial charge in [-0.05, 0) is 38.8 Å². The molecule has 0 unspecified atom stereocenters. The van der Waals surface area contributed by atoms with Crippen LogP contribution in [-0.4, -0.2) is 47.8 Å². The lowest BCUT2D eigenvalue weighted by molar-refractivity contribution is -0.167. The Morgan fingerprint density at radius 3 is 2.22 bits per heavy atom. The van der Waals surface area contributed by atoms with E-state index in [4.69, 9.17) is 4.74 Å². The molecule has 1 saturated carbocycles. The first kappa shape index (κ1) is 15.4. The maximum absolute atomic E-state index is 11.9. The average Bonchev–Trinajstić information content (AvgIpc) is 2.60. The molecule has 0 saturated heterocycles. The normalized spacial score (nSPS) is 19.6. The minimum Gasteiger partial charge on any atom is -0.462 e. The zero-order valence-corrected chi connectivity index (χ0v) is 11.8. The highest BCUT2D eigenvalue weighted by atomic mass is 16.5. The van der Waals surface area contributed by atoms with Gasteiger partial charge < -0.3 is 14.7 Å². The summed E-state index contributed by atoms with van der Waals surface area (Å²) in [5.41, 5.74) is -1.22. The molecule has 0 radical (unpaired) electrons. The summed E-state index contributed by atoms with van der Waals surface area (Å²) in [6.45, 7) is 7.21. The standard InChI is InChI=1S/C14H27NO3/c1-3-15(4-2)11-12-18-13(16)14(17)9-7-5-6-8-10-14/h17H,3-12H2,1-2H3. The van der Waals surface area contributed by atoms with Crippen molar-refractivity contribution in [1.82, 2.24) is 4.90 Å². The summed E-state index contributed by atoms with van der Waals surface area (Å²) < 4.78 is 5.24. The first-order chi connectivity index (χ1) is 8.62. The number of rotatable bonds is 6. The van der Waals surface area contributed by atoms with E-state index in [-0.39, 0.29) is 0 Å². The SMILES string of the molecule is CCN(CC)CCOC(=O)C1(O)CCCCCC1. The highest BCUT2D eigenvalue weighted by Gasteiger charge is 2.37. The van der Waals surface area contributed by atoms with Gasteiger partial charge in [0.05, 0.1) is 0 Å². The number of likely N-dealkylation sites (N-methyl/N-ethyl adjacent to an activating group) is 1. The lowest BCUT2D eigenvalue weighted by atomic mass is 9.95. The van der Waals surface area contributed by atoms with Crippen LogP contribution in [0.4, 0.5) is 0 Å². The number of hydrogen-bond acceptors (Lipinski definition) is 4. The largest absolute Gasteiger partial charge is 0.462 e. The second kappa shape index (κ2) is 7.74. The average molecular weight is 257 g/mol. The van der Waals surface area contributed by atoms with Crippen LogP contribution < -0.4 is 0 Å². The molecule has 1 rings (SSSR count). The first-order valence-corrected chi connectivity index (χ1v) is 7.24. The second-order valence-corrected chi connectivity index (χ2v) is 5.11. The van der Waals surface area contributed by atoms with Crippen LogP contribution in [0.5, 0.6) is 0 Å². The fourth-order valence-corrected chi connectivity index (χ4v) is 2.46. The van der Waals surface area contributed by atoms with Crippen molar-refractivity contribution in [2.24, 2.45) is 0 Å². The van der Waals surface area contributed by atoms with E-state index in [9.17, 15) is 9.90 Å². The Labute approximate surface area is 110 Å². The van der Waals surface area contributed by atoms with Gasteiger partial charge in [-0.25, -0.2) is 4.79 Å². The molecule has 0 aromatic rings. The van der Waals surface area contributed by atoms with Gasteiger partial charge in [0.2, 0.25) is 0 Å². The van der Waals surface area contributed by atoms with Gasteiger partial charge in [0.15, 0.2) is 5.60 Å². The van der Waals surface area contributed by atoms with E-state index in [0.29, 0.717) is 19.4 Å². The van der Waals surface area contributed by atoms with E-state index in [0.717, 1.165) is 45.3 Å². The molecule has 4 nitrogen and oxygen atoms in total. The number of nitrogens with zero attached hydrogens (tertiary/aromatic N) is 1. The third kappa shape index (κ3) is 4.58. The smallest absolute Gasteiger partial charge is 0.338 e. The minimum absolute atomic E-state index is 0.378. The summed E-state index contributed by atoms with van der Waals surface area (Å²) in [7, 11) is 0. The maximum Gasteiger partial charge on any atom is 0.338 e. The van der Waals surface area contributed by atoms with Crippen LogP contribution in [0.15, 0.2) is 0 Å². The number of carbonyl (C=O) groups excluding carboxylic acids is 1. The van der Waals surface area contributed by atoms with Gasteiger partial charge in [0.1, 0.15) is 6.61 Å². The Morgan fingerprint density at radius 2 is 1.72 bits per heavy atom. The Bertz CT molecular complexity index is 243. The van der Waals surface area contributed by atoms with Crippen molar-refractivity contribution < 1.29 is 14.6 Å². The van der Waals surface area contributed by atoms with Crippen molar-refractivity contribution >= 4 is 5.97 Å². The predicted molar refractivity (Wildman–Crippen MR) is 71.4 cm³/mol. The summed E-state index contributed by atoms with van der Waals surface area (Å²) in [5.74, 6) is -0.420. The van der Waals surface area contributed by atoms with Crippen molar-refractivity contribution in [3.63, 3.8) is 0 Å². The van der Waals surface area contributed by atoms with Crippen molar-refractivity contribution in [3.05, 3.63) is 0 Å². The molecule has 0 spiro atoms. The molecule has 18 heavy (non-hydrogen) atoms. The summed E-state index contributed by atoms with van der Waals surface area (Å²) in [4.78, 5) is 14.1. The molecule has 106 valence electrons. The lowest BCUT2D eigenvalue weighted by Gasteiger charge is -2.25. The molecule has 1 fully saturated rings. The molecule has 0 amide bonds. The Balaban J connectivity index is 2.34. The van der Waals surface area contributed by atoms with Gasteiger partial charge in [0.25, 0.3) is 0 Å². The van der Waals surface area contributed by atoms with E-state index < -0.39 is 11.6 Å². The Hall–Kier alpha value is -0.610.